The van der Waals surface area contributed by atoms with Gasteiger partial charge in [-0.3, -0.25) is 14.8 Å². The minimum Gasteiger partial charge on any atom is -0.508 e. The number of amides is 1. The Labute approximate surface area is 111 Å². The number of phenolic OH excluding ortho intramolecular Hbond substituents is 1. The van der Waals surface area contributed by atoms with Crippen LogP contribution in [0, 0.1) is 0 Å². The molecule has 0 aliphatic heterocycles. The number of aromatic nitrogens is 2. The van der Waals surface area contributed by atoms with Crippen LogP contribution in [0.5, 0.6) is 5.75 Å². The fourth-order valence-corrected chi connectivity index (χ4v) is 1.72. The highest BCUT2D eigenvalue weighted by Gasteiger charge is 2.10. The summed E-state index contributed by atoms with van der Waals surface area (Å²) in [4.78, 5) is 19.8. The first-order valence-electron chi connectivity index (χ1n) is 5.98. The zero-order valence-electron chi connectivity index (χ0n) is 10.6. The molecule has 0 aliphatic rings. The van der Waals surface area contributed by atoms with Crippen LogP contribution >= 0.6 is 0 Å². The van der Waals surface area contributed by atoms with Crippen molar-refractivity contribution in [1.29, 1.82) is 0 Å². The molecular weight excluding hydrogens is 242 g/mol. The van der Waals surface area contributed by atoms with Crippen molar-refractivity contribution in [2.24, 2.45) is 0 Å². The van der Waals surface area contributed by atoms with E-state index in [1.165, 1.54) is 0 Å². The summed E-state index contributed by atoms with van der Waals surface area (Å²) in [6.07, 6.45) is 4.91. The third kappa shape index (κ3) is 3.77. The molecule has 1 heterocycles. The van der Waals surface area contributed by atoms with Gasteiger partial charge in [-0.2, -0.15) is 0 Å². The predicted molar refractivity (Wildman–Crippen MR) is 70.4 cm³/mol. The molecule has 0 saturated heterocycles. The number of rotatable bonds is 4. The molecule has 0 radical (unpaired) electrons. The van der Waals surface area contributed by atoms with Crippen LogP contribution in [-0.2, 0) is 11.2 Å². The Hall–Kier alpha value is -2.43. The van der Waals surface area contributed by atoms with Crippen molar-refractivity contribution in [3.05, 3.63) is 54.1 Å². The summed E-state index contributed by atoms with van der Waals surface area (Å²) in [7, 11) is 0. The van der Waals surface area contributed by atoms with Gasteiger partial charge in [0, 0.05) is 18.6 Å². The normalized spacial score (nSPS) is 11.8. The van der Waals surface area contributed by atoms with E-state index in [4.69, 9.17) is 0 Å². The molecule has 1 unspecified atom stereocenters. The summed E-state index contributed by atoms with van der Waals surface area (Å²) in [5.41, 5.74) is 1.57. The van der Waals surface area contributed by atoms with Crippen molar-refractivity contribution in [1.82, 2.24) is 15.3 Å². The van der Waals surface area contributed by atoms with Crippen molar-refractivity contribution >= 4 is 5.91 Å². The lowest BCUT2D eigenvalue weighted by molar-refractivity contribution is -0.121. The molecule has 1 amide bonds. The summed E-state index contributed by atoms with van der Waals surface area (Å²) >= 11 is 0. The maximum absolute atomic E-state index is 11.8. The second-order valence-corrected chi connectivity index (χ2v) is 4.25. The molecular formula is C14H15N3O2. The minimum absolute atomic E-state index is 0.110. The molecule has 2 N–H and O–H groups in total. The van der Waals surface area contributed by atoms with Gasteiger partial charge in [0.05, 0.1) is 18.2 Å². The summed E-state index contributed by atoms with van der Waals surface area (Å²) in [5.74, 6) is 0.0999. The van der Waals surface area contributed by atoms with E-state index in [1.54, 1.807) is 42.9 Å². The molecule has 5 nitrogen and oxygen atoms in total. The van der Waals surface area contributed by atoms with E-state index in [9.17, 15) is 9.90 Å². The molecule has 1 atom stereocenters. The second kappa shape index (κ2) is 5.95. The molecule has 98 valence electrons. The fraction of sp³-hybridized carbons (Fsp3) is 0.214. The number of aromatic hydroxyl groups is 1. The van der Waals surface area contributed by atoms with Crippen molar-refractivity contribution in [3.63, 3.8) is 0 Å². The molecule has 0 aliphatic carbocycles. The van der Waals surface area contributed by atoms with Crippen LogP contribution in [-0.4, -0.2) is 21.0 Å². The number of hydrogen-bond donors (Lipinski definition) is 2. The van der Waals surface area contributed by atoms with Crippen LogP contribution in [0.4, 0.5) is 0 Å². The highest BCUT2D eigenvalue weighted by Crippen LogP contribution is 2.16. The third-order valence-electron chi connectivity index (χ3n) is 2.73. The van der Waals surface area contributed by atoms with E-state index < -0.39 is 0 Å². The van der Waals surface area contributed by atoms with Crippen LogP contribution in [0.25, 0.3) is 0 Å². The molecule has 5 heteroatoms. The van der Waals surface area contributed by atoms with Crippen molar-refractivity contribution in [2.75, 3.05) is 0 Å². The molecule has 0 saturated carbocycles. The first-order chi connectivity index (χ1) is 9.15. The quantitative estimate of drug-likeness (QED) is 0.872. The van der Waals surface area contributed by atoms with Crippen LogP contribution in [0.3, 0.4) is 0 Å². The highest BCUT2D eigenvalue weighted by molar-refractivity contribution is 5.78. The number of carbonyl (C=O) groups is 1. The van der Waals surface area contributed by atoms with E-state index in [1.807, 2.05) is 6.92 Å². The summed E-state index contributed by atoms with van der Waals surface area (Å²) in [6, 6.07) is 6.64. The number of carbonyl (C=O) groups excluding carboxylic acids is 1. The number of benzene rings is 1. The Morgan fingerprint density at radius 1 is 1.32 bits per heavy atom. The number of nitrogens with zero attached hydrogens (tertiary/aromatic N) is 2. The lowest BCUT2D eigenvalue weighted by Crippen LogP contribution is -2.28. The molecule has 2 aromatic rings. The second-order valence-electron chi connectivity index (χ2n) is 4.25. The van der Waals surface area contributed by atoms with Crippen LogP contribution in [0.15, 0.2) is 42.9 Å². The largest absolute Gasteiger partial charge is 0.508 e. The molecule has 0 spiro atoms. The van der Waals surface area contributed by atoms with Gasteiger partial charge in [-0.1, -0.05) is 12.1 Å². The van der Waals surface area contributed by atoms with Crippen molar-refractivity contribution in [3.8, 4) is 5.75 Å². The Bertz CT molecular complexity index is 540. The summed E-state index contributed by atoms with van der Waals surface area (Å²) in [5, 5.41) is 12.1. The van der Waals surface area contributed by atoms with Gasteiger partial charge in [0.1, 0.15) is 5.75 Å². The Morgan fingerprint density at radius 3 is 2.68 bits per heavy atom. The first-order valence-corrected chi connectivity index (χ1v) is 5.98. The molecule has 1 aromatic heterocycles. The average molecular weight is 257 g/mol. The fourth-order valence-electron chi connectivity index (χ4n) is 1.72. The molecule has 2 rings (SSSR count). The van der Waals surface area contributed by atoms with Gasteiger partial charge in [0.2, 0.25) is 5.91 Å². The monoisotopic (exact) mass is 257 g/mol. The van der Waals surface area contributed by atoms with E-state index in [-0.39, 0.29) is 24.1 Å². The van der Waals surface area contributed by atoms with E-state index in [2.05, 4.69) is 15.3 Å². The average Bonchev–Trinajstić information content (AvgIpc) is 2.40. The molecule has 0 fully saturated rings. The Balaban J connectivity index is 1.93. The van der Waals surface area contributed by atoms with Crippen molar-refractivity contribution < 1.29 is 9.90 Å². The predicted octanol–water partition coefficient (Wildman–Crippen LogP) is 1.60. The smallest absolute Gasteiger partial charge is 0.226 e. The van der Waals surface area contributed by atoms with Gasteiger partial charge in [0.15, 0.2) is 0 Å². The maximum atomic E-state index is 11.8. The van der Waals surface area contributed by atoms with Crippen molar-refractivity contribution in [2.45, 2.75) is 19.4 Å². The highest BCUT2D eigenvalue weighted by atomic mass is 16.3. The van der Waals surface area contributed by atoms with E-state index >= 15 is 0 Å². The zero-order chi connectivity index (χ0) is 13.7. The van der Waals surface area contributed by atoms with Gasteiger partial charge >= 0.3 is 0 Å². The van der Waals surface area contributed by atoms with Crippen LogP contribution < -0.4 is 5.32 Å². The van der Waals surface area contributed by atoms with E-state index in [0.29, 0.717) is 5.69 Å². The van der Waals surface area contributed by atoms with Gasteiger partial charge in [0.25, 0.3) is 0 Å². The van der Waals surface area contributed by atoms with Crippen LogP contribution in [0.2, 0.25) is 0 Å². The van der Waals surface area contributed by atoms with Gasteiger partial charge in [-0.25, -0.2) is 0 Å². The lowest BCUT2D eigenvalue weighted by atomic mass is 10.1. The van der Waals surface area contributed by atoms with Gasteiger partial charge < -0.3 is 10.4 Å². The SMILES string of the molecule is CC(NC(=O)Cc1cnccn1)c1ccc(O)cc1. The molecule has 1 aromatic carbocycles. The first kappa shape index (κ1) is 13.0. The Morgan fingerprint density at radius 2 is 2.05 bits per heavy atom. The summed E-state index contributed by atoms with van der Waals surface area (Å²) < 4.78 is 0. The Kier molecular flexibility index (Phi) is 4.07. The standard InChI is InChI=1S/C14H15N3O2/c1-10(11-2-4-13(18)5-3-11)17-14(19)8-12-9-15-6-7-16-12/h2-7,9-10,18H,8H2,1H3,(H,17,19). The number of hydrogen-bond acceptors (Lipinski definition) is 4. The maximum Gasteiger partial charge on any atom is 0.226 e. The minimum atomic E-state index is -0.121. The molecule has 19 heavy (non-hydrogen) atoms. The third-order valence-corrected chi connectivity index (χ3v) is 2.73. The topological polar surface area (TPSA) is 75.1 Å². The molecule has 0 bridgehead atoms. The number of phenols is 1. The van der Waals surface area contributed by atoms with Crippen LogP contribution in [0.1, 0.15) is 24.2 Å². The van der Waals surface area contributed by atoms with Gasteiger partial charge in [-0.15, -0.1) is 0 Å². The lowest BCUT2D eigenvalue weighted by Gasteiger charge is -2.14. The number of nitrogens with one attached hydrogen (secondary N) is 1. The van der Waals surface area contributed by atoms with E-state index in [0.717, 1.165) is 5.56 Å². The summed E-state index contributed by atoms with van der Waals surface area (Å²) in [6.45, 7) is 1.89. The zero-order valence-corrected chi connectivity index (χ0v) is 10.6. The van der Waals surface area contributed by atoms with Gasteiger partial charge in [-0.05, 0) is 24.6 Å².